The van der Waals surface area contributed by atoms with Crippen LogP contribution in [0, 0.1) is 13.8 Å². The molecule has 1 heterocycles. The predicted octanol–water partition coefficient (Wildman–Crippen LogP) is 5.38. The van der Waals surface area contributed by atoms with Crippen molar-refractivity contribution in [2.24, 2.45) is 5.10 Å². The van der Waals surface area contributed by atoms with E-state index in [-0.39, 0.29) is 5.91 Å². The third kappa shape index (κ3) is 5.06. The molecule has 0 atom stereocenters. The van der Waals surface area contributed by atoms with Crippen LogP contribution in [-0.2, 0) is 4.79 Å². The highest BCUT2D eigenvalue weighted by Gasteiger charge is 2.11. The van der Waals surface area contributed by atoms with Crippen molar-refractivity contribution in [2.75, 3.05) is 5.75 Å². The molecule has 4 nitrogen and oxygen atoms in total. The van der Waals surface area contributed by atoms with Crippen molar-refractivity contribution in [2.45, 2.75) is 25.2 Å². The van der Waals surface area contributed by atoms with Gasteiger partial charge in [0.2, 0.25) is 5.91 Å². The fraction of sp³-hybridized carbons (Fsp3) is 0.182. The predicted molar refractivity (Wildman–Crippen MR) is 118 cm³/mol. The number of para-hydroxylation sites is 1. The first-order valence-corrected chi connectivity index (χ1v) is 10.4. The van der Waals surface area contributed by atoms with Gasteiger partial charge >= 0.3 is 0 Å². The SMILES string of the molecule is Cc1cc(/C=N/NC(=O)CCSc2ccccc2)c(C)n1-c1ccccc1Cl. The number of rotatable bonds is 7. The number of hydrogen-bond donors (Lipinski definition) is 1. The van der Waals surface area contributed by atoms with Gasteiger partial charge in [0.15, 0.2) is 0 Å². The lowest BCUT2D eigenvalue weighted by molar-refractivity contribution is -0.120. The van der Waals surface area contributed by atoms with Crippen LogP contribution in [0.2, 0.25) is 5.02 Å². The molecule has 1 N–H and O–H groups in total. The molecule has 0 fully saturated rings. The van der Waals surface area contributed by atoms with E-state index < -0.39 is 0 Å². The lowest BCUT2D eigenvalue weighted by Crippen LogP contribution is -2.17. The number of thioether (sulfide) groups is 1. The van der Waals surface area contributed by atoms with Crippen molar-refractivity contribution in [3.63, 3.8) is 0 Å². The van der Waals surface area contributed by atoms with Crippen LogP contribution in [0.5, 0.6) is 0 Å². The van der Waals surface area contributed by atoms with Crippen LogP contribution in [0.15, 0.2) is 70.7 Å². The number of hydrogen-bond acceptors (Lipinski definition) is 3. The van der Waals surface area contributed by atoms with Gasteiger partial charge in [-0.15, -0.1) is 11.8 Å². The third-order valence-electron chi connectivity index (χ3n) is 4.30. The van der Waals surface area contributed by atoms with Crippen LogP contribution in [0.25, 0.3) is 5.69 Å². The number of nitrogens with one attached hydrogen (secondary N) is 1. The molecule has 0 aliphatic rings. The molecule has 3 aromatic rings. The maximum atomic E-state index is 12.0. The Balaban J connectivity index is 1.58. The first-order valence-electron chi connectivity index (χ1n) is 9.00. The Morgan fingerprint density at radius 2 is 1.86 bits per heavy atom. The summed E-state index contributed by atoms with van der Waals surface area (Å²) in [5, 5.41) is 4.81. The van der Waals surface area contributed by atoms with Crippen molar-refractivity contribution in [1.82, 2.24) is 9.99 Å². The van der Waals surface area contributed by atoms with Gasteiger partial charge in [-0.1, -0.05) is 41.9 Å². The Hall–Kier alpha value is -2.50. The summed E-state index contributed by atoms with van der Waals surface area (Å²) in [6, 6.07) is 19.8. The molecule has 0 spiro atoms. The lowest BCUT2D eigenvalue weighted by Gasteiger charge is -2.11. The maximum absolute atomic E-state index is 12.0. The van der Waals surface area contributed by atoms with Gasteiger partial charge in [-0.25, -0.2) is 5.43 Å². The number of amides is 1. The first kappa shape index (κ1) is 20.2. The van der Waals surface area contributed by atoms with Gasteiger partial charge in [0.25, 0.3) is 0 Å². The molecule has 0 saturated heterocycles. The normalized spacial score (nSPS) is 11.1. The van der Waals surface area contributed by atoms with Gasteiger partial charge in [0.1, 0.15) is 0 Å². The van der Waals surface area contributed by atoms with E-state index in [4.69, 9.17) is 11.6 Å². The largest absolute Gasteiger partial charge is 0.316 e. The Morgan fingerprint density at radius 3 is 2.61 bits per heavy atom. The molecule has 1 amide bonds. The van der Waals surface area contributed by atoms with Gasteiger partial charge < -0.3 is 4.57 Å². The van der Waals surface area contributed by atoms with E-state index in [2.05, 4.69) is 15.1 Å². The molecular formula is C22H22ClN3OS. The number of halogens is 1. The van der Waals surface area contributed by atoms with Crippen LogP contribution < -0.4 is 5.43 Å². The molecule has 2 aromatic carbocycles. The maximum Gasteiger partial charge on any atom is 0.240 e. The van der Waals surface area contributed by atoms with Gasteiger partial charge in [-0.2, -0.15) is 5.10 Å². The van der Waals surface area contributed by atoms with Gasteiger partial charge in [-0.05, 0) is 44.2 Å². The van der Waals surface area contributed by atoms with E-state index in [1.54, 1.807) is 18.0 Å². The molecule has 0 bridgehead atoms. The molecule has 0 aliphatic carbocycles. The van der Waals surface area contributed by atoms with Crippen molar-refractivity contribution >= 4 is 35.5 Å². The summed E-state index contributed by atoms with van der Waals surface area (Å²) in [5.41, 5.74) is 6.55. The van der Waals surface area contributed by atoms with Gasteiger partial charge in [0.05, 0.1) is 16.9 Å². The Kier molecular flexibility index (Phi) is 6.95. The number of aryl methyl sites for hydroxylation is 1. The quantitative estimate of drug-likeness (QED) is 0.322. The molecule has 28 heavy (non-hydrogen) atoms. The smallest absolute Gasteiger partial charge is 0.240 e. The zero-order valence-corrected chi connectivity index (χ0v) is 17.4. The lowest BCUT2D eigenvalue weighted by atomic mass is 10.2. The van der Waals surface area contributed by atoms with Crippen LogP contribution in [0.4, 0.5) is 0 Å². The number of carbonyl (C=O) groups is 1. The van der Waals surface area contributed by atoms with Crippen LogP contribution >= 0.6 is 23.4 Å². The Bertz CT molecular complexity index is 983. The van der Waals surface area contributed by atoms with Crippen molar-refractivity contribution in [3.05, 3.63) is 82.6 Å². The molecule has 1 aromatic heterocycles. The second-order valence-corrected chi connectivity index (χ2v) is 7.89. The van der Waals surface area contributed by atoms with Crippen LogP contribution in [-0.4, -0.2) is 22.4 Å². The average Bonchev–Trinajstić information content (AvgIpc) is 2.97. The van der Waals surface area contributed by atoms with E-state index in [1.807, 2.05) is 74.5 Å². The minimum absolute atomic E-state index is 0.0976. The Morgan fingerprint density at radius 1 is 1.14 bits per heavy atom. The molecular weight excluding hydrogens is 390 g/mol. The van der Waals surface area contributed by atoms with E-state index in [9.17, 15) is 4.79 Å². The van der Waals surface area contributed by atoms with Gasteiger partial charge in [0, 0.05) is 34.0 Å². The summed E-state index contributed by atoms with van der Waals surface area (Å²) in [5.74, 6) is 0.617. The van der Waals surface area contributed by atoms with E-state index >= 15 is 0 Å². The van der Waals surface area contributed by atoms with Crippen LogP contribution in [0.1, 0.15) is 23.4 Å². The number of carbonyl (C=O) groups excluding carboxylic acids is 1. The monoisotopic (exact) mass is 411 g/mol. The van der Waals surface area contributed by atoms with Crippen molar-refractivity contribution < 1.29 is 4.79 Å². The summed E-state index contributed by atoms with van der Waals surface area (Å²) in [4.78, 5) is 13.1. The molecule has 0 unspecified atom stereocenters. The average molecular weight is 412 g/mol. The number of nitrogens with zero attached hydrogens (tertiary/aromatic N) is 2. The minimum atomic E-state index is -0.0976. The van der Waals surface area contributed by atoms with E-state index in [0.717, 1.165) is 27.5 Å². The highest BCUT2D eigenvalue weighted by Crippen LogP contribution is 2.25. The molecule has 144 valence electrons. The zero-order chi connectivity index (χ0) is 19.9. The molecule has 0 radical (unpaired) electrons. The van der Waals surface area contributed by atoms with Gasteiger partial charge in [-0.3, -0.25) is 4.79 Å². The van der Waals surface area contributed by atoms with E-state index in [0.29, 0.717) is 17.2 Å². The molecule has 0 saturated carbocycles. The van der Waals surface area contributed by atoms with Crippen molar-refractivity contribution in [3.8, 4) is 5.69 Å². The summed E-state index contributed by atoms with van der Waals surface area (Å²) in [7, 11) is 0. The second-order valence-electron chi connectivity index (χ2n) is 6.32. The number of benzene rings is 2. The molecule has 6 heteroatoms. The minimum Gasteiger partial charge on any atom is -0.316 e. The van der Waals surface area contributed by atoms with Crippen LogP contribution in [0.3, 0.4) is 0 Å². The topological polar surface area (TPSA) is 46.4 Å². The second kappa shape index (κ2) is 9.62. The first-order chi connectivity index (χ1) is 13.6. The summed E-state index contributed by atoms with van der Waals surface area (Å²) >= 11 is 7.99. The molecule has 3 rings (SSSR count). The summed E-state index contributed by atoms with van der Waals surface area (Å²) < 4.78 is 2.09. The van der Waals surface area contributed by atoms with E-state index in [1.165, 1.54) is 0 Å². The zero-order valence-electron chi connectivity index (χ0n) is 15.9. The third-order valence-corrected chi connectivity index (χ3v) is 5.63. The summed E-state index contributed by atoms with van der Waals surface area (Å²) in [6.45, 7) is 4.03. The Labute approximate surface area is 174 Å². The highest BCUT2D eigenvalue weighted by molar-refractivity contribution is 7.99. The summed E-state index contributed by atoms with van der Waals surface area (Å²) in [6.07, 6.45) is 2.09. The number of hydrazone groups is 1. The number of aromatic nitrogens is 1. The molecule has 0 aliphatic heterocycles. The fourth-order valence-electron chi connectivity index (χ4n) is 2.93. The highest BCUT2D eigenvalue weighted by atomic mass is 35.5. The van der Waals surface area contributed by atoms with Crippen molar-refractivity contribution in [1.29, 1.82) is 0 Å². The fourth-order valence-corrected chi connectivity index (χ4v) is 4.02. The standard InChI is InChI=1S/C22H22ClN3OS/c1-16-14-18(17(2)26(16)21-11-7-6-10-20(21)23)15-24-25-22(27)12-13-28-19-8-4-3-5-9-19/h3-11,14-15H,12-13H2,1-2H3,(H,25,27)/b24-15+.